The molecular formula is C25H27ClFN3O4. The summed E-state index contributed by atoms with van der Waals surface area (Å²) in [6, 6.07) is 8.01. The van der Waals surface area contributed by atoms with Crippen molar-refractivity contribution in [2.75, 3.05) is 32.2 Å². The summed E-state index contributed by atoms with van der Waals surface area (Å²) in [5, 5.41) is 3.92. The molecule has 7 nitrogen and oxygen atoms in total. The second-order valence-electron chi connectivity index (χ2n) is 8.21. The zero-order valence-electron chi connectivity index (χ0n) is 19.0. The number of aromatic nitrogens is 2. The topological polar surface area (TPSA) is 82.6 Å². The first-order valence-electron chi connectivity index (χ1n) is 11.3. The Morgan fingerprint density at radius 2 is 1.97 bits per heavy atom. The van der Waals surface area contributed by atoms with Gasteiger partial charge in [-0.05, 0) is 37.1 Å². The lowest BCUT2D eigenvalue weighted by Crippen LogP contribution is -2.34. The zero-order valence-corrected chi connectivity index (χ0v) is 19.7. The maximum absolute atomic E-state index is 13.5. The Balaban J connectivity index is 1.36. The van der Waals surface area contributed by atoms with Crippen LogP contribution in [0.5, 0.6) is 11.5 Å². The molecule has 0 radical (unpaired) electrons. The van der Waals surface area contributed by atoms with Crippen molar-refractivity contribution in [2.45, 2.75) is 32.1 Å². The highest BCUT2D eigenvalue weighted by Gasteiger charge is 2.25. The van der Waals surface area contributed by atoms with Gasteiger partial charge >= 0.3 is 0 Å². The molecule has 4 rings (SSSR count). The van der Waals surface area contributed by atoms with E-state index in [1.807, 2.05) is 6.07 Å². The van der Waals surface area contributed by atoms with E-state index in [-0.39, 0.29) is 10.9 Å². The molecule has 0 spiro atoms. The second kappa shape index (κ2) is 11.4. The third kappa shape index (κ3) is 5.93. The van der Waals surface area contributed by atoms with Crippen LogP contribution >= 0.6 is 11.6 Å². The van der Waals surface area contributed by atoms with Gasteiger partial charge in [0, 0.05) is 23.6 Å². The standard InChI is InChI=1S/C25H27ClFN3O4/c1-32-23-12-21-18(25(29-15-28-21)30-17-7-8-20(27)19(26)10-17)11-24(23)34-9-5-3-2-4-6-22(31)16-13-33-14-16/h7-8,10-12,15-16H,2-6,9,13-14H2,1H3,(H,28,29,30). The van der Waals surface area contributed by atoms with Crippen molar-refractivity contribution in [3.8, 4) is 11.5 Å². The predicted molar refractivity (Wildman–Crippen MR) is 129 cm³/mol. The number of methoxy groups -OCH3 is 1. The number of ketones is 1. The summed E-state index contributed by atoms with van der Waals surface area (Å²) in [5.74, 6) is 1.66. The molecule has 0 saturated carbocycles. The monoisotopic (exact) mass is 487 g/mol. The van der Waals surface area contributed by atoms with Crippen LogP contribution in [0.25, 0.3) is 10.9 Å². The molecule has 1 aromatic heterocycles. The number of rotatable bonds is 12. The van der Waals surface area contributed by atoms with Crippen LogP contribution in [0.3, 0.4) is 0 Å². The van der Waals surface area contributed by atoms with E-state index in [2.05, 4.69) is 15.3 Å². The summed E-state index contributed by atoms with van der Waals surface area (Å²) >= 11 is 5.90. The number of nitrogens with zero attached hydrogens (tertiary/aromatic N) is 2. The summed E-state index contributed by atoms with van der Waals surface area (Å²) in [6.45, 7) is 1.69. The number of carbonyl (C=O) groups excluding carboxylic acids is 1. The summed E-state index contributed by atoms with van der Waals surface area (Å²) < 4.78 is 30.1. The van der Waals surface area contributed by atoms with Crippen molar-refractivity contribution in [3.63, 3.8) is 0 Å². The SMILES string of the molecule is COc1cc2ncnc(Nc3ccc(F)c(Cl)c3)c2cc1OCCCCCCC(=O)C1COC1. The predicted octanol–water partition coefficient (Wildman–Crippen LogP) is 5.72. The average Bonchev–Trinajstić information content (AvgIpc) is 2.79. The molecule has 1 aliphatic rings. The molecule has 0 aliphatic carbocycles. The van der Waals surface area contributed by atoms with E-state index in [0.717, 1.165) is 31.1 Å². The summed E-state index contributed by atoms with van der Waals surface area (Å²) in [5.41, 5.74) is 1.28. The minimum Gasteiger partial charge on any atom is -0.493 e. The van der Waals surface area contributed by atoms with Crippen molar-refractivity contribution in [1.29, 1.82) is 0 Å². The van der Waals surface area contributed by atoms with Crippen molar-refractivity contribution in [1.82, 2.24) is 9.97 Å². The molecule has 1 aliphatic heterocycles. The normalized spacial score (nSPS) is 13.5. The largest absolute Gasteiger partial charge is 0.493 e. The van der Waals surface area contributed by atoms with Crippen LogP contribution in [0, 0.1) is 11.7 Å². The molecule has 0 atom stereocenters. The Labute approximate surface area is 202 Å². The molecule has 0 amide bonds. The van der Waals surface area contributed by atoms with E-state index in [0.29, 0.717) is 60.5 Å². The Morgan fingerprint density at radius 3 is 2.71 bits per heavy atom. The van der Waals surface area contributed by atoms with Gasteiger partial charge in [-0.25, -0.2) is 14.4 Å². The molecular weight excluding hydrogens is 461 g/mol. The Hall–Kier alpha value is -2.97. The molecule has 0 unspecified atom stereocenters. The number of carbonyl (C=O) groups is 1. The quantitative estimate of drug-likeness (QED) is 0.327. The van der Waals surface area contributed by atoms with E-state index in [1.54, 1.807) is 19.2 Å². The molecule has 2 heterocycles. The fourth-order valence-electron chi connectivity index (χ4n) is 3.71. The highest BCUT2D eigenvalue weighted by molar-refractivity contribution is 6.31. The van der Waals surface area contributed by atoms with E-state index < -0.39 is 5.82 Å². The number of anilines is 2. The Kier molecular flexibility index (Phi) is 8.13. The van der Waals surface area contributed by atoms with Crippen LogP contribution in [0.15, 0.2) is 36.7 Å². The van der Waals surface area contributed by atoms with Crippen molar-refractivity contribution in [2.24, 2.45) is 5.92 Å². The molecule has 0 bridgehead atoms. The van der Waals surface area contributed by atoms with Gasteiger partial charge in [0.1, 0.15) is 23.7 Å². The molecule has 34 heavy (non-hydrogen) atoms. The van der Waals surface area contributed by atoms with Gasteiger partial charge < -0.3 is 19.5 Å². The number of nitrogens with one attached hydrogen (secondary N) is 1. The van der Waals surface area contributed by atoms with Gasteiger partial charge in [-0.2, -0.15) is 0 Å². The summed E-state index contributed by atoms with van der Waals surface area (Å²) in [6.07, 6.45) is 5.80. The van der Waals surface area contributed by atoms with Crippen LogP contribution in [0.4, 0.5) is 15.9 Å². The van der Waals surface area contributed by atoms with E-state index in [9.17, 15) is 9.18 Å². The Morgan fingerprint density at radius 1 is 1.15 bits per heavy atom. The van der Waals surface area contributed by atoms with Gasteiger partial charge in [0.25, 0.3) is 0 Å². The van der Waals surface area contributed by atoms with Gasteiger partial charge in [0.15, 0.2) is 11.5 Å². The van der Waals surface area contributed by atoms with Crippen LogP contribution in [0.1, 0.15) is 32.1 Å². The maximum Gasteiger partial charge on any atom is 0.162 e. The number of hydrogen-bond donors (Lipinski definition) is 1. The highest BCUT2D eigenvalue weighted by Crippen LogP contribution is 2.35. The average molecular weight is 488 g/mol. The van der Waals surface area contributed by atoms with Gasteiger partial charge in [-0.1, -0.05) is 24.4 Å². The van der Waals surface area contributed by atoms with Crippen LogP contribution in [-0.2, 0) is 9.53 Å². The first kappa shape index (κ1) is 24.2. The Bertz CT molecular complexity index is 1160. The number of hydrogen-bond acceptors (Lipinski definition) is 7. The summed E-state index contributed by atoms with van der Waals surface area (Å²) in [4.78, 5) is 20.5. The van der Waals surface area contributed by atoms with Gasteiger partial charge in [-0.3, -0.25) is 4.79 Å². The first-order chi connectivity index (χ1) is 16.5. The highest BCUT2D eigenvalue weighted by atomic mass is 35.5. The van der Waals surface area contributed by atoms with Gasteiger partial charge in [0.2, 0.25) is 0 Å². The lowest BCUT2D eigenvalue weighted by atomic mass is 9.97. The van der Waals surface area contributed by atoms with Gasteiger partial charge in [0.05, 0.1) is 43.4 Å². The first-order valence-corrected chi connectivity index (χ1v) is 11.7. The molecule has 3 aromatic rings. The zero-order chi connectivity index (χ0) is 23.9. The lowest BCUT2D eigenvalue weighted by molar-refractivity contribution is -0.136. The number of unbranched alkanes of at least 4 members (excludes halogenated alkanes) is 3. The molecule has 1 N–H and O–H groups in total. The van der Waals surface area contributed by atoms with E-state index >= 15 is 0 Å². The third-order valence-electron chi connectivity index (χ3n) is 5.77. The minimum absolute atomic E-state index is 0.0236. The fourth-order valence-corrected chi connectivity index (χ4v) is 3.89. The number of halogens is 2. The summed E-state index contributed by atoms with van der Waals surface area (Å²) in [7, 11) is 1.58. The molecule has 2 aromatic carbocycles. The van der Waals surface area contributed by atoms with Crippen molar-refractivity contribution < 1.29 is 23.4 Å². The molecule has 180 valence electrons. The molecule has 1 fully saturated rings. The van der Waals surface area contributed by atoms with Crippen molar-refractivity contribution in [3.05, 3.63) is 47.5 Å². The second-order valence-corrected chi connectivity index (χ2v) is 8.62. The smallest absolute Gasteiger partial charge is 0.162 e. The number of benzene rings is 2. The van der Waals surface area contributed by atoms with Crippen LogP contribution in [0.2, 0.25) is 5.02 Å². The fraction of sp³-hybridized carbons (Fsp3) is 0.400. The van der Waals surface area contributed by atoms with Crippen LogP contribution < -0.4 is 14.8 Å². The van der Waals surface area contributed by atoms with E-state index in [4.69, 9.17) is 25.8 Å². The van der Waals surface area contributed by atoms with Crippen LogP contribution in [-0.4, -0.2) is 42.7 Å². The number of fused-ring (bicyclic) bond motifs is 1. The lowest BCUT2D eigenvalue weighted by Gasteiger charge is -2.24. The van der Waals surface area contributed by atoms with Crippen molar-refractivity contribution >= 4 is 39.8 Å². The molecule has 9 heteroatoms. The van der Waals surface area contributed by atoms with Gasteiger partial charge in [-0.15, -0.1) is 0 Å². The number of ether oxygens (including phenoxy) is 3. The number of Topliss-reactive ketones (excluding diaryl/α,β-unsaturated/α-hetero) is 1. The van der Waals surface area contributed by atoms with E-state index in [1.165, 1.54) is 18.5 Å². The minimum atomic E-state index is -0.486. The maximum atomic E-state index is 13.5. The third-order valence-corrected chi connectivity index (χ3v) is 6.06. The molecule has 1 saturated heterocycles.